The van der Waals surface area contributed by atoms with Crippen LogP contribution in [0.25, 0.3) is 0 Å². The van der Waals surface area contributed by atoms with E-state index in [0.29, 0.717) is 0 Å². The van der Waals surface area contributed by atoms with Crippen LogP contribution < -0.4 is 11.5 Å². The maximum Gasteiger partial charge on any atom is 0.160 e. The van der Waals surface area contributed by atoms with E-state index in [4.69, 9.17) is 0 Å². The molecule has 0 amide bonds. The molecule has 4 N–H and O–H groups in total. The van der Waals surface area contributed by atoms with Gasteiger partial charge in [-0.05, 0) is 12.2 Å². The minimum absolute atomic E-state index is 0. The van der Waals surface area contributed by atoms with E-state index in [1.54, 1.807) is 0 Å². The van der Waals surface area contributed by atoms with Crippen LogP contribution in [0.1, 0.15) is 0 Å². The first kappa shape index (κ1) is 8.96. The summed E-state index contributed by atoms with van der Waals surface area (Å²) in [5, 5.41) is 0.000000000000000222. The smallest absolute Gasteiger partial charge is 0.160 e. The normalized spacial score (nSPS) is 4.80. The van der Waals surface area contributed by atoms with Crippen molar-refractivity contribution in [3.63, 3.8) is 0 Å². The summed E-state index contributed by atoms with van der Waals surface area (Å²) in [6.07, 6.45) is 0. The predicted molar refractivity (Wildman–Crippen MR) is 21.0 cm³/mol. The molecule has 0 aromatic rings. The zero-order valence-corrected chi connectivity index (χ0v) is 4.25. The molecule has 0 aliphatic rings. The van der Waals surface area contributed by atoms with Crippen LogP contribution in [0.3, 0.4) is 0 Å². The molecule has 4 heteroatoms. The molecule has 0 rings (SSSR count). The average Bonchev–Trinajstić information content (AvgIpc) is 0.811. The van der Waals surface area contributed by atoms with E-state index >= 15 is 0 Å². The predicted octanol–water partition coefficient (Wildman–Crippen LogP) is -0.814. The quantitative estimate of drug-likeness (QED) is 0.427. The van der Waals surface area contributed by atoms with Crippen molar-refractivity contribution in [3.8, 4) is 0 Å². The second-order valence-electron chi connectivity index (χ2n) is 0.402. The fourth-order valence-electron chi connectivity index (χ4n) is 0. The van der Waals surface area contributed by atoms with Gasteiger partial charge >= 0.3 is 0 Å². The Morgan fingerprint density at radius 2 is 1.40 bits per heavy atom. The van der Waals surface area contributed by atoms with Crippen molar-refractivity contribution in [2.75, 3.05) is 0 Å². The van der Waals surface area contributed by atoms with Gasteiger partial charge in [0.05, 0.1) is 0 Å². The second-order valence-corrected chi connectivity index (χ2v) is 0.874. The zero-order chi connectivity index (χ0) is 3.58. The number of hydrogen-bond donors (Lipinski definition) is 2. The molecule has 0 saturated carbocycles. The van der Waals surface area contributed by atoms with Crippen molar-refractivity contribution in [3.05, 3.63) is 0 Å². The van der Waals surface area contributed by atoms with Crippen LogP contribution in [0, 0.1) is 0 Å². The van der Waals surface area contributed by atoms with E-state index in [0.717, 1.165) is 0 Å². The Balaban J connectivity index is 0. The van der Waals surface area contributed by atoms with Crippen molar-refractivity contribution in [2.45, 2.75) is 0 Å². The molecule has 0 aromatic carbocycles. The molecule has 1 radical (unpaired) electrons. The maximum absolute atomic E-state index is 4.62. The van der Waals surface area contributed by atoms with Gasteiger partial charge in [0.2, 0.25) is 0 Å². The second kappa shape index (κ2) is 4.20. The minimum Gasteiger partial charge on any atom is -0.377 e. The summed E-state index contributed by atoms with van der Waals surface area (Å²) in [4.78, 5) is 0. The van der Waals surface area contributed by atoms with E-state index in [9.17, 15) is 0 Å². The van der Waals surface area contributed by atoms with Crippen molar-refractivity contribution in [2.24, 2.45) is 11.5 Å². The molecule has 0 atom stereocenters. The largest absolute Gasteiger partial charge is 0.377 e. The summed E-state index contributed by atoms with van der Waals surface area (Å²) in [6.45, 7) is 0. The Hall–Kier alpha value is 0.196. The number of thiocarbonyl (C=S) groups is 1. The molecule has 0 fully saturated rings. The Kier molecular flexibility index (Phi) is 7.52. The number of rotatable bonds is 0. The summed E-state index contributed by atoms with van der Waals surface area (Å²) in [6, 6.07) is 0. The molecule has 0 saturated heterocycles. The van der Waals surface area contributed by atoms with Gasteiger partial charge in [0.25, 0.3) is 0 Å². The van der Waals surface area contributed by atoms with Gasteiger partial charge in [0, 0.05) is 16.8 Å². The topological polar surface area (TPSA) is 52.0 Å². The molecule has 0 bridgehead atoms. The van der Waals surface area contributed by atoms with Crippen molar-refractivity contribution in [1.29, 1.82) is 0 Å². The van der Waals surface area contributed by atoms with Gasteiger partial charge in [0.15, 0.2) is 5.11 Å². The standard InChI is InChI=1S/CH4N2S.Co/c2-1(3)4;/h(H4,2,3,4);. The molecule has 0 unspecified atom stereocenters. The molecular formula is CH4CoN2S. The summed E-state index contributed by atoms with van der Waals surface area (Å²) in [5.74, 6) is 0. The van der Waals surface area contributed by atoms with Gasteiger partial charge in [-0.15, -0.1) is 0 Å². The average molecular weight is 135 g/mol. The Morgan fingerprint density at radius 1 is 1.40 bits per heavy atom. The first-order chi connectivity index (χ1) is 1.73. The van der Waals surface area contributed by atoms with E-state index in [1.165, 1.54) is 0 Å². The molecule has 5 heavy (non-hydrogen) atoms. The van der Waals surface area contributed by atoms with Gasteiger partial charge in [-0.2, -0.15) is 0 Å². The molecule has 0 aliphatic heterocycles. The first-order valence-electron chi connectivity index (χ1n) is 0.781. The van der Waals surface area contributed by atoms with Crippen molar-refractivity contribution < 1.29 is 16.8 Å². The van der Waals surface area contributed by atoms with Crippen LogP contribution in [-0.4, -0.2) is 5.11 Å². The van der Waals surface area contributed by atoms with Gasteiger partial charge < -0.3 is 11.5 Å². The van der Waals surface area contributed by atoms with Gasteiger partial charge in [-0.25, -0.2) is 0 Å². The summed E-state index contributed by atoms with van der Waals surface area (Å²) in [7, 11) is 0. The molecule has 2 nitrogen and oxygen atoms in total. The molecule has 0 aliphatic carbocycles. The molecule has 0 spiro atoms. The molecule has 0 aromatic heterocycles. The van der Waals surface area contributed by atoms with Crippen LogP contribution >= 0.6 is 12.2 Å². The Morgan fingerprint density at radius 3 is 1.40 bits per heavy atom. The van der Waals surface area contributed by atoms with Crippen LogP contribution in [0.2, 0.25) is 0 Å². The van der Waals surface area contributed by atoms with Gasteiger partial charge in [-0.3, -0.25) is 0 Å². The first-order valence-corrected chi connectivity index (χ1v) is 1.19. The third-order valence-corrected chi connectivity index (χ3v) is 0. The number of nitrogens with two attached hydrogens (primary N) is 2. The van der Waals surface area contributed by atoms with E-state index in [2.05, 4.69) is 23.7 Å². The number of hydrogen-bond acceptors (Lipinski definition) is 1. The van der Waals surface area contributed by atoms with Crippen LogP contribution in [0.15, 0.2) is 0 Å². The summed E-state index contributed by atoms with van der Waals surface area (Å²) in [5.41, 5.74) is 9.24. The Labute approximate surface area is 46.1 Å². The van der Waals surface area contributed by atoms with Crippen molar-refractivity contribution in [1.82, 2.24) is 0 Å². The SMILES string of the molecule is NC(N)=S.[Co]. The van der Waals surface area contributed by atoms with Crippen LogP contribution in [0.5, 0.6) is 0 Å². The fraction of sp³-hybridized carbons (Fsp3) is 0. The van der Waals surface area contributed by atoms with Crippen LogP contribution in [0.4, 0.5) is 0 Å². The third-order valence-electron chi connectivity index (χ3n) is 0. The fourth-order valence-corrected chi connectivity index (χ4v) is 0. The van der Waals surface area contributed by atoms with Gasteiger partial charge in [-0.1, -0.05) is 0 Å². The minimum atomic E-state index is 0. The third kappa shape index (κ3) is 524. The van der Waals surface area contributed by atoms with Crippen LogP contribution in [-0.2, 0) is 16.8 Å². The molecule has 33 valence electrons. The molecule has 0 heterocycles. The van der Waals surface area contributed by atoms with Crippen molar-refractivity contribution >= 4 is 17.3 Å². The van der Waals surface area contributed by atoms with E-state index < -0.39 is 0 Å². The summed E-state index contributed by atoms with van der Waals surface area (Å²) < 4.78 is 0. The zero-order valence-electron chi connectivity index (χ0n) is 2.40. The van der Waals surface area contributed by atoms with E-state index in [1.807, 2.05) is 0 Å². The summed E-state index contributed by atoms with van der Waals surface area (Å²) >= 11 is 4.09. The van der Waals surface area contributed by atoms with Gasteiger partial charge in [0.1, 0.15) is 0 Å². The molecular weight excluding hydrogens is 131 g/mol. The Bertz CT molecular complexity index is 32.6. The maximum atomic E-state index is 4.62. The monoisotopic (exact) mass is 135 g/mol. The van der Waals surface area contributed by atoms with E-state index in [-0.39, 0.29) is 21.9 Å².